The van der Waals surface area contributed by atoms with E-state index in [1.807, 2.05) is 0 Å². The van der Waals surface area contributed by atoms with Crippen LogP contribution in [0.25, 0.3) is 11.0 Å². The molecule has 0 unspecified atom stereocenters. The van der Waals surface area contributed by atoms with Crippen LogP contribution < -0.4 is 5.73 Å². The molecule has 0 saturated heterocycles. The van der Waals surface area contributed by atoms with Gasteiger partial charge in [-0.1, -0.05) is 0 Å². The number of hydrogen-bond donors (Lipinski definition) is 3. The number of anilines is 1. The van der Waals surface area contributed by atoms with Crippen molar-refractivity contribution < 1.29 is 13.0 Å². The first kappa shape index (κ1) is 8.91. The van der Waals surface area contributed by atoms with E-state index in [1.54, 1.807) is 12.3 Å². The fraction of sp³-hybridized carbons (Fsp3) is 0. The Morgan fingerprint density at radius 1 is 1.43 bits per heavy atom. The second kappa shape index (κ2) is 2.66. The van der Waals surface area contributed by atoms with Crippen LogP contribution in [0.1, 0.15) is 0 Å². The van der Waals surface area contributed by atoms with Crippen molar-refractivity contribution in [3.8, 4) is 0 Å². The summed E-state index contributed by atoms with van der Waals surface area (Å²) in [6, 6.07) is 1.61. The maximum Gasteiger partial charge on any atom is 0.330 e. The smallest absolute Gasteiger partial charge is 0.330 e. The third kappa shape index (κ3) is 1.30. The fourth-order valence-electron chi connectivity index (χ4n) is 1.06. The van der Waals surface area contributed by atoms with E-state index in [9.17, 15) is 8.42 Å². The predicted molar refractivity (Wildman–Crippen MR) is 48.1 cm³/mol. The molecular weight excluding hydrogens is 208 g/mol. The zero-order chi connectivity index (χ0) is 10.3. The van der Waals surface area contributed by atoms with Gasteiger partial charge in [-0.05, 0) is 6.07 Å². The van der Waals surface area contributed by atoms with E-state index in [1.165, 1.54) is 0 Å². The van der Waals surface area contributed by atoms with Crippen molar-refractivity contribution in [2.75, 3.05) is 5.73 Å². The molecule has 2 aromatic rings. The minimum atomic E-state index is -4.42. The number of fused-ring (bicyclic) bond motifs is 1. The first-order valence-electron chi connectivity index (χ1n) is 3.56. The maximum absolute atomic E-state index is 10.7. The van der Waals surface area contributed by atoms with Crippen LogP contribution in [0.2, 0.25) is 0 Å². The van der Waals surface area contributed by atoms with Gasteiger partial charge in [0.1, 0.15) is 11.5 Å². The minimum Gasteiger partial charge on any atom is -0.383 e. The summed E-state index contributed by atoms with van der Waals surface area (Å²) < 4.78 is 30.1. The standard InChI is InChI=1S/C6H6N4O3S/c7-4-3-1-2-8-5(3)10-6(9-4)14(11,12)13/h1-2H,(H,11,12,13)(H3,7,8,9,10). The lowest BCUT2D eigenvalue weighted by molar-refractivity contribution is 0.475. The third-order valence-corrected chi connectivity index (χ3v) is 2.30. The molecule has 0 aromatic carbocycles. The molecule has 0 fully saturated rings. The molecule has 0 radical (unpaired) electrons. The number of nitrogen functional groups attached to an aromatic ring is 1. The number of nitrogens with two attached hydrogens (primary N) is 1. The lowest BCUT2D eigenvalue weighted by Crippen LogP contribution is -2.07. The molecule has 74 valence electrons. The molecule has 0 aliphatic heterocycles. The van der Waals surface area contributed by atoms with E-state index in [0.717, 1.165) is 0 Å². The summed E-state index contributed by atoms with van der Waals surface area (Å²) in [7, 11) is -4.42. The molecule has 2 aromatic heterocycles. The van der Waals surface area contributed by atoms with Crippen molar-refractivity contribution in [3.63, 3.8) is 0 Å². The lowest BCUT2D eigenvalue weighted by Gasteiger charge is -1.98. The Balaban J connectivity index is 2.83. The quantitative estimate of drug-likeness (QED) is 0.446. The molecule has 2 rings (SSSR count). The molecule has 0 aliphatic carbocycles. The monoisotopic (exact) mass is 214 g/mol. The normalized spacial score (nSPS) is 12.1. The Kier molecular flexibility index (Phi) is 1.69. The molecule has 0 spiro atoms. The molecule has 2 heterocycles. The van der Waals surface area contributed by atoms with Crippen LogP contribution in [-0.2, 0) is 10.1 Å². The second-order valence-corrected chi connectivity index (χ2v) is 3.92. The molecule has 0 atom stereocenters. The van der Waals surface area contributed by atoms with Crippen molar-refractivity contribution in [1.82, 2.24) is 15.0 Å². The lowest BCUT2D eigenvalue weighted by atomic mass is 10.4. The second-order valence-electron chi connectivity index (χ2n) is 2.61. The van der Waals surface area contributed by atoms with E-state index in [0.29, 0.717) is 5.39 Å². The number of H-pyrrole nitrogens is 1. The summed E-state index contributed by atoms with van der Waals surface area (Å²) in [5.74, 6) is 0.00359. The summed E-state index contributed by atoms with van der Waals surface area (Å²) >= 11 is 0. The van der Waals surface area contributed by atoms with Crippen LogP contribution in [-0.4, -0.2) is 27.9 Å². The van der Waals surface area contributed by atoms with E-state index in [4.69, 9.17) is 10.3 Å². The Morgan fingerprint density at radius 3 is 2.79 bits per heavy atom. The molecular formula is C6H6N4O3S. The average Bonchev–Trinajstić information content (AvgIpc) is 2.50. The van der Waals surface area contributed by atoms with Gasteiger partial charge in [0.05, 0.1) is 5.39 Å². The van der Waals surface area contributed by atoms with Crippen molar-refractivity contribution in [3.05, 3.63) is 12.3 Å². The summed E-state index contributed by atoms with van der Waals surface area (Å²) in [5, 5.41) is -0.192. The molecule has 8 heteroatoms. The van der Waals surface area contributed by atoms with Gasteiger partial charge in [0.25, 0.3) is 5.16 Å². The fourth-order valence-corrected chi connectivity index (χ4v) is 1.48. The van der Waals surface area contributed by atoms with E-state index < -0.39 is 15.3 Å². The molecule has 0 aliphatic rings. The number of rotatable bonds is 1. The van der Waals surface area contributed by atoms with Crippen molar-refractivity contribution >= 4 is 27.0 Å². The van der Waals surface area contributed by atoms with E-state index in [2.05, 4.69) is 15.0 Å². The third-order valence-electron chi connectivity index (χ3n) is 1.66. The van der Waals surface area contributed by atoms with Crippen LogP contribution in [0, 0.1) is 0 Å². The van der Waals surface area contributed by atoms with Gasteiger partial charge in [0.15, 0.2) is 0 Å². The predicted octanol–water partition coefficient (Wildman–Crippen LogP) is -0.213. The molecule has 4 N–H and O–H groups in total. The van der Waals surface area contributed by atoms with Crippen molar-refractivity contribution in [2.45, 2.75) is 5.16 Å². The highest BCUT2D eigenvalue weighted by molar-refractivity contribution is 7.85. The molecule has 14 heavy (non-hydrogen) atoms. The van der Waals surface area contributed by atoms with Crippen LogP contribution >= 0.6 is 0 Å². The molecule has 7 nitrogen and oxygen atoms in total. The number of aromatic nitrogens is 3. The zero-order valence-corrected chi connectivity index (χ0v) is 7.61. The first-order chi connectivity index (χ1) is 6.48. The van der Waals surface area contributed by atoms with Gasteiger partial charge in [-0.3, -0.25) is 4.55 Å². The highest BCUT2D eigenvalue weighted by atomic mass is 32.2. The molecule has 0 bridgehead atoms. The van der Waals surface area contributed by atoms with Gasteiger partial charge in [-0.15, -0.1) is 0 Å². The number of nitrogens with one attached hydrogen (secondary N) is 1. The summed E-state index contributed by atoms with van der Waals surface area (Å²) in [6.45, 7) is 0. The topological polar surface area (TPSA) is 122 Å². The SMILES string of the molecule is Nc1nc(S(=O)(=O)O)nc2[nH]ccc12. The number of hydrogen-bond acceptors (Lipinski definition) is 5. The Morgan fingerprint density at radius 2 is 2.14 bits per heavy atom. The zero-order valence-electron chi connectivity index (χ0n) is 6.80. The van der Waals surface area contributed by atoms with Crippen LogP contribution in [0.15, 0.2) is 17.4 Å². The molecule has 0 saturated carbocycles. The number of nitrogens with zero attached hydrogens (tertiary/aromatic N) is 2. The Bertz CT molecular complexity index is 588. The van der Waals surface area contributed by atoms with Gasteiger partial charge in [0.2, 0.25) is 0 Å². The van der Waals surface area contributed by atoms with Gasteiger partial charge in [-0.2, -0.15) is 18.4 Å². The number of aromatic amines is 1. The highest BCUT2D eigenvalue weighted by Gasteiger charge is 2.16. The average molecular weight is 214 g/mol. The molecule has 0 amide bonds. The minimum absolute atomic E-state index is 0.00359. The Labute approximate surface area is 78.7 Å². The van der Waals surface area contributed by atoms with E-state index in [-0.39, 0.29) is 11.5 Å². The van der Waals surface area contributed by atoms with Crippen LogP contribution in [0.3, 0.4) is 0 Å². The largest absolute Gasteiger partial charge is 0.383 e. The summed E-state index contributed by atoms with van der Waals surface area (Å²) in [6.07, 6.45) is 1.55. The van der Waals surface area contributed by atoms with Gasteiger partial charge < -0.3 is 10.7 Å². The van der Waals surface area contributed by atoms with Gasteiger partial charge in [-0.25, -0.2) is 0 Å². The van der Waals surface area contributed by atoms with E-state index >= 15 is 0 Å². The maximum atomic E-state index is 10.7. The highest BCUT2D eigenvalue weighted by Crippen LogP contribution is 2.17. The summed E-state index contributed by atoms with van der Waals surface area (Å²) in [4.78, 5) is 9.70. The summed E-state index contributed by atoms with van der Waals surface area (Å²) in [5.41, 5.74) is 5.72. The van der Waals surface area contributed by atoms with Crippen molar-refractivity contribution in [1.29, 1.82) is 0 Å². The first-order valence-corrected chi connectivity index (χ1v) is 5.00. The Hall–Kier alpha value is -1.67. The van der Waals surface area contributed by atoms with Gasteiger partial charge in [0, 0.05) is 6.20 Å². The van der Waals surface area contributed by atoms with Crippen LogP contribution in [0.4, 0.5) is 5.82 Å². The van der Waals surface area contributed by atoms with Crippen LogP contribution in [0.5, 0.6) is 0 Å². The van der Waals surface area contributed by atoms with Gasteiger partial charge >= 0.3 is 10.1 Å². The van der Waals surface area contributed by atoms with Crippen molar-refractivity contribution in [2.24, 2.45) is 0 Å².